The fourth-order valence-corrected chi connectivity index (χ4v) is 0.767. The van der Waals surface area contributed by atoms with Gasteiger partial charge < -0.3 is 10.6 Å². The first kappa shape index (κ1) is 8.16. The van der Waals surface area contributed by atoms with Crippen LogP contribution in [0.1, 0.15) is 6.92 Å². The van der Waals surface area contributed by atoms with Crippen molar-refractivity contribution in [3.63, 3.8) is 0 Å². The van der Waals surface area contributed by atoms with E-state index < -0.39 is 24.3 Å². The number of hydrogen-bond acceptors (Lipinski definition) is 1. The van der Waals surface area contributed by atoms with Gasteiger partial charge in [-0.2, -0.15) is 13.2 Å². The number of halogens is 3. The summed E-state index contributed by atoms with van der Waals surface area (Å²) in [6, 6.07) is -0.773. The van der Waals surface area contributed by atoms with Crippen LogP contribution in [0.15, 0.2) is 0 Å². The molecule has 1 aliphatic heterocycles. The van der Waals surface area contributed by atoms with E-state index in [-0.39, 0.29) is 0 Å². The number of amides is 2. The molecular formula is C5H7F3N2O. The number of nitrogens with one attached hydrogen (secondary N) is 2. The molecule has 1 heterocycles. The largest absolute Gasteiger partial charge is 0.413 e. The highest BCUT2D eigenvalue weighted by Gasteiger charge is 2.55. The summed E-state index contributed by atoms with van der Waals surface area (Å²) in [5.41, 5.74) is -2.11. The standard InChI is InChI=1S/C5H7F3N2O/c1-4(5(6,7)8)2-9-3(11)10-4/h2H2,1H3,(H2,9,10,11)/t4-/m1/s1. The maximum Gasteiger partial charge on any atom is 0.413 e. The number of alkyl halides is 3. The van der Waals surface area contributed by atoms with Crippen molar-refractivity contribution in [1.29, 1.82) is 0 Å². The van der Waals surface area contributed by atoms with E-state index in [1.165, 1.54) is 0 Å². The van der Waals surface area contributed by atoms with Gasteiger partial charge in [-0.25, -0.2) is 4.79 Å². The molecule has 0 radical (unpaired) electrons. The minimum atomic E-state index is -4.40. The van der Waals surface area contributed by atoms with Crippen LogP contribution in [0.3, 0.4) is 0 Å². The molecule has 0 spiro atoms. The van der Waals surface area contributed by atoms with Crippen molar-refractivity contribution in [3.8, 4) is 0 Å². The lowest BCUT2D eigenvalue weighted by molar-refractivity contribution is -0.181. The number of carbonyl (C=O) groups excluding carboxylic acids is 1. The lowest BCUT2D eigenvalue weighted by Crippen LogP contribution is -2.53. The first-order valence-electron chi connectivity index (χ1n) is 2.98. The zero-order valence-corrected chi connectivity index (χ0v) is 5.75. The molecule has 0 unspecified atom stereocenters. The zero-order valence-electron chi connectivity index (χ0n) is 5.75. The van der Waals surface area contributed by atoms with Gasteiger partial charge in [-0.15, -0.1) is 0 Å². The summed E-state index contributed by atoms with van der Waals surface area (Å²) in [6.07, 6.45) is -4.40. The Morgan fingerprint density at radius 2 is 2.09 bits per heavy atom. The molecule has 1 aliphatic rings. The molecule has 2 N–H and O–H groups in total. The molecule has 0 saturated carbocycles. The summed E-state index contributed by atoms with van der Waals surface area (Å²) >= 11 is 0. The number of rotatable bonds is 0. The van der Waals surface area contributed by atoms with Crippen LogP contribution in [0, 0.1) is 0 Å². The van der Waals surface area contributed by atoms with E-state index in [0.717, 1.165) is 6.92 Å². The van der Waals surface area contributed by atoms with Crippen LogP contribution >= 0.6 is 0 Å². The van der Waals surface area contributed by atoms with Crippen molar-refractivity contribution in [2.24, 2.45) is 0 Å². The Bertz CT molecular complexity index is 191. The van der Waals surface area contributed by atoms with E-state index in [0.29, 0.717) is 0 Å². The third-order valence-corrected chi connectivity index (χ3v) is 1.62. The topological polar surface area (TPSA) is 41.1 Å². The molecule has 1 atom stereocenters. The van der Waals surface area contributed by atoms with Gasteiger partial charge >= 0.3 is 12.2 Å². The predicted molar refractivity (Wildman–Crippen MR) is 31.0 cm³/mol. The summed E-state index contributed by atoms with van der Waals surface area (Å²) in [4.78, 5) is 10.4. The molecule has 3 nitrogen and oxygen atoms in total. The molecule has 0 aromatic heterocycles. The van der Waals surface area contributed by atoms with Gasteiger partial charge in [-0.3, -0.25) is 0 Å². The van der Waals surface area contributed by atoms with Crippen molar-refractivity contribution >= 4 is 6.03 Å². The molecule has 0 aliphatic carbocycles. The summed E-state index contributed by atoms with van der Waals surface area (Å²) < 4.78 is 36.2. The van der Waals surface area contributed by atoms with Gasteiger partial charge in [0.2, 0.25) is 0 Å². The lowest BCUT2D eigenvalue weighted by Gasteiger charge is -2.25. The number of urea groups is 1. The van der Waals surface area contributed by atoms with Crippen molar-refractivity contribution in [1.82, 2.24) is 10.6 Å². The summed E-state index contributed by atoms with van der Waals surface area (Å²) in [6.45, 7) is 0.528. The van der Waals surface area contributed by atoms with Crippen molar-refractivity contribution < 1.29 is 18.0 Å². The maximum absolute atomic E-state index is 12.1. The highest BCUT2D eigenvalue weighted by Crippen LogP contribution is 2.31. The number of carbonyl (C=O) groups is 1. The van der Waals surface area contributed by atoms with E-state index in [1.54, 1.807) is 5.32 Å². The second-order valence-electron chi connectivity index (χ2n) is 2.64. The molecule has 2 amide bonds. The Hall–Kier alpha value is -0.940. The van der Waals surface area contributed by atoms with Crippen molar-refractivity contribution in [2.75, 3.05) is 6.54 Å². The summed E-state index contributed by atoms with van der Waals surface area (Å²) in [7, 11) is 0. The summed E-state index contributed by atoms with van der Waals surface area (Å²) in [5, 5.41) is 3.84. The molecule has 0 aromatic rings. The van der Waals surface area contributed by atoms with E-state index in [2.05, 4.69) is 0 Å². The van der Waals surface area contributed by atoms with Gasteiger partial charge in [0.05, 0.1) is 6.54 Å². The quantitative estimate of drug-likeness (QED) is 0.547. The van der Waals surface area contributed by atoms with E-state index in [1.807, 2.05) is 5.32 Å². The Morgan fingerprint density at radius 3 is 2.27 bits per heavy atom. The van der Waals surface area contributed by atoms with Crippen molar-refractivity contribution in [2.45, 2.75) is 18.6 Å². The van der Waals surface area contributed by atoms with Crippen LogP contribution in [-0.4, -0.2) is 24.3 Å². The Balaban J connectivity index is 2.77. The van der Waals surface area contributed by atoms with Crippen LogP contribution in [0.25, 0.3) is 0 Å². The molecule has 1 rings (SSSR count). The van der Waals surface area contributed by atoms with Crippen LogP contribution in [0.4, 0.5) is 18.0 Å². The highest BCUT2D eigenvalue weighted by molar-refractivity contribution is 5.77. The molecule has 0 aromatic carbocycles. The van der Waals surface area contributed by atoms with E-state index in [9.17, 15) is 18.0 Å². The van der Waals surface area contributed by atoms with Crippen LogP contribution in [0.2, 0.25) is 0 Å². The zero-order chi connectivity index (χ0) is 8.70. The first-order chi connectivity index (χ1) is 4.85. The first-order valence-corrected chi connectivity index (χ1v) is 2.98. The fourth-order valence-electron chi connectivity index (χ4n) is 0.767. The Kier molecular flexibility index (Phi) is 1.50. The molecular weight excluding hydrogens is 161 g/mol. The van der Waals surface area contributed by atoms with E-state index in [4.69, 9.17) is 0 Å². The monoisotopic (exact) mass is 168 g/mol. The second kappa shape index (κ2) is 2.02. The second-order valence-corrected chi connectivity index (χ2v) is 2.64. The lowest BCUT2D eigenvalue weighted by atomic mass is 10.0. The Labute approximate surface area is 61.0 Å². The third kappa shape index (κ3) is 1.24. The molecule has 0 bridgehead atoms. The van der Waals surface area contributed by atoms with Crippen molar-refractivity contribution in [3.05, 3.63) is 0 Å². The normalized spacial score (nSPS) is 31.5. The van der Waals surface area contributed by atoms with Gasteiger partial charge in [0.1, 0.15) is 0 Å². The van der Waals surface area contributed by atoms with Gasteiger partial charge in [0.15, 0.2) is 5.54 Å². The molecule has 1 saturated heterocycles. The van der Waals surface area contributed by atoms with Gasteiger partial charge in [0, 0.05) is 0 Å². The van der Waals surface area contributed by atoms with Crippen LogP contribution < -0.4 is 10.6 Å². The van der Waals surface area contributed by atoms with Crippen LogP contribution in [-0.2, 0) is 0 Å². The summed E-state index contributed by atoms with van der Waals surface area (Å²) in [5.74, 6) is 0. The third-order valence-electron chi connectivity index (χ3n) is 1.62. The number of hydrogen-bond donors (Lipinski definition) is 2. The van der Waals surface area contributed by atoms with Gasteiger partial charge in [0.25, 0.3) is 0 Å². The Morgan fingerprint density at radius 1 is 1.55 bits per heavy atom. The highest BCUT2D eigenvalue weighted by atomic mass is 19.4. The molecule has 64 valence electrons. The maximum atomic E-state index is 12.1. The minimum Gasteiger partial charge on any atom is -0.335 e. The molecule has 11 heavy (non-hydrogen) atoms. The van der Waals surface area contributed by atoms with Gasteiger partial charge in [-0.1, -0.05) is 0 Å². The fraction of sp³-hybridized carbons (Fsp3) is 0.800. The minimum absolute atomic E-state index is 0.407. The van der Waals surface area contributed by atoms with Gasteiger partial charge in [-0.05, 0) is 6.92 Å². The smallest absolute Gasteiger partial charge is 0.335 e. The predicted octanol–water partition coefficient (Wildman–Crippen LogP) is 0.620. The molecule has 1 fully saturated rings. The SMILES string of the molecule is C[C@]1(C(F)(F)F)CNC(=O)N1. The average Bonchev–Trinajstić information content (AvgIpc) is 2.10. The molecule has 6 heteroatoms. The average molecular weight is 168 g/mol. The van der Waals surface area contributed by atoms with Crippen LogP contribution in [0.5, 0.6) is 0 Å². The van der Waals surface area contributed by atoms with E-state index >= 15 is 0 Å².